The third-order valence-corrected chi connectivity index (χ3v) is 6.12. The van der Waals surface area contributed by atoms with Gasteiger partial charge in [-0.2, -0.15) is 4.31 Å². The second-order valence-corrected chi connectivity index (χ2v) is 7.60. The van der Waals surface area contributed by atoms with E-state index < -0.39 is 15.8 Å². The zero-order valence-corrected chi connectivity index (χ0v) is 13.3. The standard InChI is InChI=1S/C13H17BrFNO3S/c14-12-5-4-11(9-13(12)15)20(18,19)16-7-2-1-3-10(16)6-8-17/h4-5,9-10,17H,1-3,6-8H2. The summed E-state index contributed by atoms with van der Waals surface area (Å²) in [5, 5.41) is 9.07. The number of aliphatic hydroxyl groups is 1. The van der Waals surface area contributed by atoms with Gasteiger partial charge in [0.2, 0.25) is 10.0 Å². The number of halogens is 2. The molecule has 0 aromatic heterocycles. The quantitative estimate of drug-likeness (QED) is 0.891. The summed E-state index contributed by atoms with van der Waals surface area (Å²) in [7, 11) is -3.71. The van der Waals surface area contributed by atoms with E-state index in [2.05, 4.69) is 15.9 Å². The van der Waals surface area contributed by atoms with Crippen molar-refractivity contribution in [1.29, 1.82) is 0 Å². The van der Waals surface area contributed by atoms with Crippen molar-refractivity contribution >= 4 is 26.0 Å². The molecule has 1 fully saturated rings. The highest BCUT2D eigenvalue weighted by atomic mass is 79.9. The number of nitrogens with zero attached hydrogens (tertiary/aromatic N) is 1. The third kappa shape index (κ3) is 3.21. The van der Waals surface area contributed by atoms with E-state index in [9.17, 15) is 12.8 Å². The van der Waals surface area contributed by atoms with E-state index >= 15 is 0 Å². The number of aliphatic hydroxyl groups excluding tert-OH is 1. The van der Waals surface area contributed by atoms with Gasteiger partial charge in [-0.25, -0.2) is 12.8 Å². The molecule has 1 heterocycles. The second kappa shape index (κ2) is 6.51. The van der Waals surface area contributed by atoms with E-state index in [1.165, 1.54) is 16.4 Å². The van der Waals surface area contributed by atoms with Gasteiger partial charge in [-0.05, 0) is 53.4 Å². The van der Waals surface area contributed by atoms with Gasteiger partial charge in [0.05, 0.1) is 9.37 Å². The van der Waals surface area contributed by atoms with Gasteiger partial charge < -0.3 is 5.11 Å². The second-order valence-electron chi connectivity index (χ2n) is 4.85. The van der Waals surface area contributed by atoms with Gasteiger partial charge in [0, 0.05) is 19.2 Å². The van der Waals surface area contributed by atoms with Crippen LogP contribution >= 0.6 is 15.9 Å². The minimum absolute atomic E-state index is 0.0389. The van der Waals surface area contributed by atoms with Crippen LogP contribution in [0.2, 0.25) is 0 Å². The van der Waals surface area contributed by atoms with Crippen LogP contribution in [-0.2, 0) is 10.0 Å². The molecule has 1 aliphatic rings. The van der Waals surface area contributed by atoms with Crippen LogP contribution in [0.15, 0.2) is 27.6 Å². The molecule has 0 saturated carbocycles. The Morgan fingerprint density at radius 1 is 1.40 bits per heavy atom. The van der Waals surface area contributed by atoms with Crippen molar-refractivity contribution in [2.45, 2.75) is 36.6 Å². The molecular weight excluding hydrogens is 349 g/mol. The van der Waals surface area contributed by atoms with E-state index in [4.69, 9.17) is 5.11 Å². The molecule has 1 saturated heterocycles. The monoisotopic (exact) mass is 365 g/mol. The van der Waals surface area contributed by atoms with E-state index in [1.54, 1.807) is 0 Å². The molecule has 112 valence electrons. The van der Waals surface area contributed by atoms with E-state index in [0.717, 1.165) is 25.3 Å². The summed E-state index contributed by atoms with van der Waals surface area (Å²) in [5.41, 5.74) is 0. The van der Waals surface area contributed by atoms with Gasteiger partial charge in [-0.3, -0.25) is 0 Å². The Morgan fingerprint density at radius 3 is 2.80 bits per heavy atom. The van der Waals surface area contributed by atoms with Crippen LogP contribution in [-0.4, -0.2) is 37.0 Å². The number of rotatable bonds is 4. The number of hydrogen-bond donors (Lipinski definition) is 1. The zero-order valence-electron chi connectivity index (χ0n) is 10.9. The van der Waals surface area contributed by atoms with Crippen LogP contribution in [0.25, 0.3) is 0 Å². The molecule has 0 radical (unpaired) electrons. The van der Waals surface area contributed by atoms with Gasteiger partial charge in [0.1, 0.15) is 5.82 Å². The Bertz CT molecular complexity index is 577. The summed E-state index contributed by atoms with van der Waals surface area (Å²) in [6.07, 6.45) is 2.89. The van der Waals surface area contributed by atoms with Crippen molar-refractivity contribution in [3.8, 4) is 0 Å². The van der Waals surface area contributed by atoms with Crippen LogP contribution in [0.1, 0.15) is 25.7 Å². The molecule has 1 atom stereocenters. The molecule has 0 spiro atoms. The van der Waals surface area contributed by atoms with Crippen LogP contribution < -0.4 is 0 Å². The van der Waals surface area contributed by atoms with E-state index in [-0.39, 0.29) is 22.0 Å². The predicted molar refractivity (Wildman–Crippen MR) is 77.3 cm³/mol. The maximum Gasteiger partial charge on any atom is 0.243 e. The molecule has 1 unspecified atom stereocenters. The lowest BCUT2D eigenvalue weighted by Crippen LogP contribution is -2.44. The van der Waals surface area contributed by atoms with Crippen molar-refractivity contribution in [3.05, 3.63) is 28.5 Å². The highest BCUT2D eigenvalue weighted by Crippen LogP contribution is 2.28. The predicted octanol–water partition coefficient (Wildman–Crippen LogP) is 2.51. The van der Waals surface area contributed by atoms with Gasteiger partial charge >= 0.3 is 0 Å². The topological polar surface area (TPSA) is 57.6 Å². The highest BCUT2D eigenvalue weighted by Gasteiger charge is 2.33. The van der Waals surface area contributed by atoms with Crippen molar-refractivity contribution < 1.29 is 17.9 Å². The number of benzene rings is 1. The Labute approximate surface area is 126 Å². The van der Waals surface area contributed by atoms with Gasteiger partial charge in [-0.15, -0.1) is 0 Å². The molecule has 0 amide bonds. The largest absolute Gasteiger partial charge is 0.396 e. The zero-order chi connectivity index (χ0) is 14.8. The van der Waals surface area contributed by atoms with Crippen LogP contribution in [0.5, 0.6) is 0 Å². The summed E-state index contributed by atoms with van der Waals surface area (Å²) in [5.74, 6) is -0.596. The van der Waals surface area contributed by atoms with Crippen LogP contribution in [0, 0.1) is 5.82 Å². The van der Waals surface area contributed by atoms with E-state index in [1.807, 2.05) is 0 Å². The van der Waals surface area contributed by atoms with Gasteiger partial charge in [0.25, 0.3) is 0 Å². The highest BCUT2D eigenvalue weighted by molar-refractivity contribution is 9.10. The molecule has 1 aliphatic heterocycles. The fraction of sp³-hybridized carbons (Fsp3) is 0.538. The third-order valence-electron chi connectivity index (χ3n) is 3.53. The maximum absolute atomic E-state index is 13.6. The molecule has 1 aromatic rings. The Balaban J connectivity index is 2.34. The van der Waals surface area contributed by atoms with Crippen molar-refractivity contribution in [2.75, 3.05) is 13.2 Å². The minimum Gasteiger partial charge on any atom is -0.396 e. The normalized spacial score (nSPS) is 21.1. The lowest BCUT2D eigenvalue weighted by molar-refractivity contribution is 0.192. The molecule has 0 aliphatic carbocycles. The molecular formula is C13H17BrFNO3S. The average molecular weight is 366 g/mol. The summed E-state index contributed by atoms with van der Waals surface area (Å²) in [6.45, 7) is 0.371. The van der Waals surface area contributed by atoms with Crippen LogP contribution in [0.3, 0.4) is 0 Å². The fourth-order valence-corrected chi connectivity index (χ4v) is 4.48. The Kier molecular flexibility index (Phi) is 5.17. The van der Waals surface area contributed by atoms with Gasteiger partial charge in [-0.1, -0.05) is 6.42 Å². The Hall–Kier alpha value is -0.500. The lowest BCUT2D eigenvalue weighted by Gasteiger charge is -2.34. The van der Waals surface area contributed by atoms with Crippen molar-refractivity contribution in [2.24, 2.45) is 0 Å². The first-order valence-corrected chi connectivity index (χ1v) is 8.78. The lowest BCUT2D eigenvalue weighted by atomic mass is 10.0. The van der Waals surface area contributed by atoms with Gasteiger partial charge in [0.15, 0.2) is 0 Å². The summed E-state index contributed by atoms with van der Waals surface area (Å²) < 4.78 is 40.4. The van der Waals surface area contributed by atoms with Crippen molar-refractivity contribution in [1.82, 2.24) is 4.31 Å². The summed E-state index contributed by atoms with van der Waals surface area (Å²) >= 11 is 3.01. The van der Waals surface area contributed by atoms with Crippen molar-refractivity contribution in [3.63, 3.8) is 0 Å². The smallest absolute Gasteiger partial charge is 0.243 e. The molecule has 2 rings (SSSR count). The molecule has 7 heteroatoms. The summed E-state index contributed by atoms with van der Waals surface area (Å²) in [4.78, 5) is -0.0389. The summed E-state index contributed by atoms with van der Waals surface area (Å²) in [6, 6.07) is 3.62. The minimum atomic E-state index is -3.71. The molecule has 20 heavy (non-hydrogen) atoms. The molecule has 4 nitrogen and oxygen atoms in total. The molecule has 0 bridgehead atoms. The number of hydrogen-bond acceptors (Lipinski definition) is 3. The van der Waals surface area contributed by atoms with Crippen LogP contribution in [0.4, 0.5) is 4.39 Å². The number of sulfonamides is 1. The first-order valence-electron chi connectivity index (χ1n) is 6.54. The number of piperidine rings is 1. The van der Waals surface area contributed by atoms with E-state index in [0.29, 0.717) is 13.0 Å². The Morgan fingerprint density at radius 2 is 2.15 bits per heavy atom. The fourth-order valence-electron chi connectivity index (χ4n) is 2.50. The SMILES string of the molecule is O=S(=O)(c1ccc(Br)c(F)c1)N1CCCCC1CCO. The first-order chi connectivity index (χ1) is 9.46. The average Bonchev–Trinajstić information content (AvgIpc) is 2.42. The maximum atomic E-state index is 13.6. The molecule has 1 aromatic carbocycles. The molecule has 1 N–H and O–H groups in total. The first kappa shape index (κ1) is 15.9.